The summed E-state index contributed by atoms with van der Waals surface area (Å²) in [6, 6.07) is 11.0. The number of anilines is 1. The molecule has 1 saturated heterocycles. The summed E-state index contributed by atoms with van der Waals surface area (Å²) in [7, 11) is 1.60. The number of carbonyl (C=O) groups excluding carboxylic acids is 2. The molecule has 3 rings (SSSR count). The minimum atomic E-state index is -0.105. The van der Waals surface area contributed by atoms with Crippen molar-refractivity contribution in [3.05, 3.63) is 54.4 Å². The maximum atomic E-state index is 12.7. The minimum Gasteiger partial charge on any atom is -0.497 e. The van der Waals surface area contributed by atoms with Crippen LogP contribution < -0.4 is 9.64 Å². The van der Waals surface area contributed by atoms with E-state index in [9.17, 15) is 9.59 Å². The fourth-order valence-electron chi connectivity index (χ4n) is 3.09. The second kappa shape index (κ2) is 7.34. The molecule has 0 radical (unpaired) electrons. The molecular formula is C19H21N3O3. The molecule has 130 valence electrons. The summed E-state index contributed by atoms with van der Waals surface area (Å²) in [5, 5.41) is 0. The van der Waals surface area contributed by atoms with Crippen LogP contribution in [0.25, 0.3) is 0 Å². The highest BCUT2D eigenvalue weighted by Crippen LogP contribution is 2.25. The summed E-state index contributed by atoms with van der Waals surface area (Å²) in [5.41, 5.74) is 1.64. The number of rotatable bonds is 4. The first-order valence-electron chi connectivity index (χ1n) is 8.21. The van der Waals surface area contributed by atoms with Crippen molar-refractivity contribution in [1.29, 1.82) is 0 Å². The van der Waals surface area contributed by atoms with Gasteiger partial charge in [0.05, 0.1) is 19.6 Å². The van der Waals surface area contributed by atoms with Crippen molar-refractivity contribution in [1.82, 2.24) is 9.88 Å². The number of methoxy groups -OCH3 is 1. The standard InChI is InChI=1S/C19H21N3O3/c1-14-12-21(18(23)9-15-5-4-8-20-11-15)13-19(24)22(14)16-6-3-7-17(10-16)25-2/h3-8,10-11,14H,9,12-13H2,1-2H3/t14-/m1/s1. The van der Waals surface area contributed by atoms with Crippen molar-refractivity contribution in [3.63, 3.8) is 0 Å². The summed E-state index contributed by atoms with van der Waals surface area (Å²) < 4.78 is 5.23. The van der Waals surface area contributed by atoms with Crippen molar-refractivity contribution in [2.24, 2.45) is 0 Å². The van der Waals surface area contributed by atoms with E-state index in [0.717, 1.165) is 11.3 Å². The van der Waals surface area contributed by atoms with Crippen LogP contribution in [0.3, 0.4) is 0 Å². The number of hydrogen-bond donors (Lipinski definition) is 0. The van der Waals surface area contributed by atoms with Crippen molar-refractivity contribution >= 4 is 17.5 Å². The van der Waals surface area contributed by atoms with Gasteiger partial charge < -0.3 is 14.5 Å². The lowest BCUT2D eigenvalue weighted by atomic mass is 10.1. The smallest absolute Gasteiger partial charge is 0.246 e. The van der Waals surface area contributed by atoms with Crippen LogP contribution in [0.5, 0.6) is 5.75 Å². The molecule has 0 bridgehead atoms. The average Bonchev–Trinajstić information content (AvgIpc) is 2.62. The van der Waals surface area contributed by atoms with Gasteiger partial charge in [0.1, 0.15) is 12.3 Å². The van der Waals surface area contributed by atoms with Crippen LogP contribution in [0.2, 0.25) is 0 Å². The summed E-state index contributed by atoms with van der Waals surface area (Å²) in [6.07, 6.45) is 3.61. The molecule has 0 unspecified atom stereocenters. The molecule has 1 fully saturated rings. The molecule has 2 amide bonds. The molecule has 0 N–H and O–H groups in total. The van der Waals surface area contributed by atoms with E-state index in [2.05, 4.69) is 4.98 Å². The first kappa shape index (κ1) is 17.0. The van der Waals surface area contributed by atoms with Crippen LogP contribution in [0.1, 0.15) is 12.5 Å². The van der Waals surface area contributed by atoms with Gasteiger partial charge in [0.15, 0.2) is 0 Å². The third kappa shape index (κ3) is 3.79. The van der Waals surface area contributed by atoms with Crippen LogP contribution in [0.15, 0.2) is 48.8 Å². The van der Waals surface area contributed by atoms with Crippen LogP contribution in [-0.2, 0) is 16.0 Å². The predicted molar refractivity (Wildman–Crippen MR) is 94.5 cm³/mol. The van der Waals surface area contributed by atoms with Crippen LogP contribution >= 0.6 is 0 Å². The fourth-order valence-corrected chi connectivity index (χ4v) is 3.09. The molecule has 6 nitrogen and oxygen atoms in total. The van der Waals surface area contributed by atoms with Gasteiger partial charge in [-0.3, -0.25) is 14.6 Å². The van der Waals surface area contributed by atoms with Crippen LogP contribution in [0, 0.1) is 0 Å². The molecule has 2 aromatic rings. The van der Waals surface area contributed by atoms with Gasteiger partial charge in [-0.05, 0) is 30.7 Å². The van der Waals surface area contributed by atoms with E-state index < -0.39 is 0 Å². The van der Waals surface area contributed by atoms with Gasteiger partial charge in [-0.1, -0.05) is 12.1 Å². The molecule has 1 aliphatic rings. The summed E-state index contributed by atoms with van der Waals surface area (Å²) in [5.74, 6) is 0.553. The molecule has 2 heterocycles. The van der Waals surface area contributed by atoms with Crippen molar-refractivity contribution < 1.29 is 14.3 Å². The first-order valence-corrected chi connectivity index (χ1v) is 8.21. The Morgan fingerprint density at radius 1 is 1.32 bits per heavy atom. The highest BCUT2D eigenvalue weighted by atomic mass is 16.5. The highest BCUT2D eigenvalue weighted by Gasteiger charge is 2.33. The van der Waals surface area contributed by atoms with Crippen molar-refractivity contribution in [2.75, 3.05) is 25.1 Å². The number of benzene rings is 1. The lowest BCUT2D eigenvalue weighted by Crippen LogP contribution is -2.57. The topological polar surface area (TPSA) is 62.7 Å². The Bertz CT molecular complexity index is 764. The Balaban J connectivity index is 1.71. The van der Waals surface area contributed by atoms with Gasteiger partial charge in [0.2, 0.25) is 11.8 Å². The molecular weight excluding hydrogens is 318 g/mol. The molecule has 0 saturated carbocycles. The molecule has 25 heavy (non-hydrogen) atoms. The van der Waals surface area contributed by atoms with E-state index in [1.807, 2.05) is 37.3 Å². The van der Waals surface area contributed by atoms with Gasteiger partial charge in [-0.25, -0.2) is 0 Å². The predicted octanol–water partition coefficient (Wildman–Crippen LogP) is 1.90. The zero-order valence-electron chi connectivity index (χ0n) is 14.4. The number of pyridine rings is 1. The van der Waals surface area contributed by atoms with Crippen molar-refractivity contribution in [3.8, 4) is 5.75 Å². The molecule has 0 aliphatic carbocycles. The number of aromatic nitrogens is 1. The lowest BCUT2D eigenvalue weighted by Gasteiger charge is -2.39. The molecule has 1 aliphatic heterocycles. The second-order valence-corrected chi connectivity index (χ2v) is 6.13. The number of amides is 2. The molecule has 1 atom stereocenters. The molecule has 1 aromatic heterocycles. The summed E-state index contributed by atoms with van der Waals surface area (Å²) in [4.78, 5) is 32.5. The van der Waals surface area contributed by atoms with Crippen LogP contribution in [-0.4, -0.2) is 47.9 Å². The van der Waals surface area contributed by atoms with E-state index >= 15 is 0 Å². The Morgan fingerprint density at radius 3 is 2.84 bits per heavy atom. The van der Waals surface area contributed by atoms with Crippen molar-refractivity contribution in [2.45, 2.75) is 19.4 Å². The number of ether oxygens (including phenoxy) is 1. The normalized spacial score (nSPS) is 17.5. The Hall–Kier alpha value is -2.89. The maximum Gasteiger partial charge on any atom is 0.246 e. The van der Waals surface area contributed by atoms with E-state index in [-0.39, 0.29) is 30.8 Å². The maximum absolute atomic E-state index is 12.7. The third-order valence-electron chi connectivity index (χ3n) is 4.28. The second-order valence-electron chi connectivity index (χ2n) is 6.13. The van der Waals surface area contributed by atoms with E-state index in [1.165, 1.54) is 0 Å². The molecule has 1 aromatic carbocycles. The lowest BCUT2D eigenvalue weighted by molar-refractivity contribution is -0.137. The molecule has 6 heteroatoms. The third-order valence-corrected chi connectivity index (χ3v) is 4.28. The zero-order valence-corrected chi connectivity index (χ0v) is 14.4. The Morgan fingerprint density at radius 2 is 2.16 bits per heavy atom. The van der Waals surface area contributed by atoms with Gasteiger partial charge >= 0.3 is 0 Å². The highest BCUT2D eigenvalue weighted by molar-refractivity contribution is 5.98. The van der Waals surface area contributed by atoms with Gasteiger partial charge in [-0.2, -0.15) is 0 Å². The Kier molecular flexibility index (Phi) is 4.97. The minimum absolute atomic E-state index is 0.0570. The number of hydrogen-bond acceptors (Lipinski definition) is 4. The van der Waals surface area contributed by atoms with E-state index in [0.29, 0.717) is 12.3 Å². The van der Waals surface area contributed by atoms with E-state index in [1.54, 1.807) is 35.4 Å². The Labute approximate surface area is 147 Å². The monoisotopic (exact) mass is 339 g/mol. The van der Waals surface area contributed by atoms with Gasteiger partial charge in [0, 0.05) is 30.7 Å². The summed E-state index contributed by atoms with van der Waals surface area (Å²) >= 11 is 0. The zero-order chi connectivity index (χ0) is 17.8. The number of nitrogens with zero attached hydrogens (tertiary/aromatic N) is 3. The molecule has 0 spiro atoms. The van der Waals surface area contributed by atoms with E-state index in [4.69, 9.17) is 4.74 Å². The summed E-state index contributed by atoms with van der Waals surface area (Å²) in [6.45, 7) is 2.53. The fraction of sp³-hybridized carbons (Fsp3) is 0.316. The quantitative estimate of drug-likeness (QED) is 0.853. The number of piperazine rings is 1. The van der Waals surface area contributed by atoms with Gasteiger partial charge in [-0.15, -0.1) is 0 Å². The largest absolute Gasteiger partial charge is 0.497 e. The van der Waals surface area contributed by atoms with Crippen LogP contribution in [0.4, 0.5) is 5.69 Å². The first-order chi connectivity index (χ1) is 12.1. The van der Waals surface area contributed by atoms with Gasteiger partial charge in [0.25, 0.3) is 0 Å². The average molecular weight is 339 g/mol. The number of carbonyl (C=O) groups is 2. The SMILES string of the molecule is COc1cccc(N2C(=O)CN(C(=O)Cc3cccnc3)C[C@H]2C)c1.